The molecule has 3 heterocycles. The second kappa shape index (κ2) is 11.2. The maximum atomic E-state index is 13.3. The van der Waals surface area contributed by atoms with Gasteiger partial charge >= 0.3 is 0 Å². The van der Waals surface area contributed by atoms with Gasteiger partial charge in [-0.1, -0.05) is 48.5 Å². The molecule has 6 aromatic rings. The van der Waals surface area contributed by atoms with Gasteiger partial charge in [-0.05, 0) is 97.5 Å². The van der Waals surface area contributed by atoms with Gasteiger partial charge in [0.25, 0.3) is 0 Å². The van der Waals surface area contributed by atoms with Gasteiger partial charge in [0, 0.05) is 47.1 Å². The Kier molecular flexibility index (Phi) is 7.17. The summed E-state index contributed by atoms with van der Waals surface area (Å²) in [5, 5.41) is 3.10. The number of carbonyl (C=O) groups is 1. The number of carbonyl (C=O) groups excluding carboxylic acids is 1. The second-order valence-corrected chi connectivity index (χ2v) is 12.7. The van der Waals surface area contributed by atoms with Crippen LogP contribution < -0.4 is 4.74 Å². The standard InChI is InChI=1S/C39H35N3O3/c1-23-19-28-20-27(29-21-41-38(42-22-29)26-9-7-6-8-10-26)11-12-30(28)35(33(23)37(24(2)43)45-39(3,4)5)31-13-14-32-34-25(16-18-44-32)15-17-40-36(31)34/h6-15,17,19-22,37H,16,18H2,1-5H3. The molecule has 1 unspecified atom stereocenters. The van der Waals surface area contributed by atoms with Crippen molar-refractivity contribution in [3.8, 4) is 39.4 Å². The lowest BCUT2D eigenvalue weighted by atomic mass is 9.84. The van der Waals surface area contributed by atoms with Crippen LogP contribution in [0, 0.1) is 6.92 Å². The molecule has 6 nitrogen and oxygen atoms in total. The van der Waals surface area contributed by atoms with E-state index in [0.29, 0.717) is 12.4 Å². The lowest BCUT2D eigenvalue weighted by molar-refractivity contribution is -0.138. The maximum Gasteiger partial charge on any atom is 0.163 e. The van der Waals surface area contributed by atoms with E-state index in [9.17, 15) is 4.79 Å². The lowest BCUT2D eigenvalue weighted by Gasteiger charge is -2.30. The number of rotatable bonds is 6. The molecule has 1 aliphatic rings. The van der Waals surface area contributed by atoms with Crippen LogP contribution >= 0.6 is 0 Å². The number of benzene rings is 4. The van der Waals surface area contributed by atoms with Crippen molar-refractivity contribution in [2.24, 2.45) is 0 Å². The van der Waals surface area contributed by atoms with Crippen molar-refractivity contribution in [3.63, 3.8) is 0 Å². The summed E-state index contributed by atoms with van der Waals surface area (Å²) in [7, 11) is 0. The van der Waals surface area contributed by atoms with Crippen LogP contribution in [0.1, 0.15) is 50.5 Å². The van der Waals surface area contributed by atoms with E-state index in [1.165, 1.54) is 5.56 Å². The average molecular weight is 594 g/mol. The van der Waals surface area contributed by atoms with Crippen molar-refractivity contribution in [1.82, 2.24) is 15.0 Å². The number of hydrogen-bond donors (Lipinski definition) is 0. The van der Waals surface area contributed by atoms with Crippen LogP contribution in [-0.2, 0) is 16.0 Å². The Morgan fingerprint density at radius 1 is 0.889 bits per heavy atom. The first kappa shape index (κ1) is 28.8. The predicted octanol–water partition coefficient (Wildman–Crippen LogP) is 8.87. The largest absolute Gasteiger partial charge is 0.493 e. The molecule has 45 heavy (non-hydrogen) atoms. The molecule has 0 radical (unpaired) electrons. The summed E-state index contributed by atoms with van der Waals surface area (Å²) in [4.78, 5) is 27.5. The summed E-state index contributed by atoms with van der Waals surface area (Å²) in [6.45, 7) is 10.3. The zero-order valence-electron chi connectivity index (χ0n) is 26.2. The molecule has 224 valence electrons. The highest BCUT2D eigenvalue weighted by molar-refractivity contribution is 6.09. The zero-order chi connectivity index (χ0) is 31.3. The molecule has 0 amide bonds. The third-order valence-electron chi connectivity index (χ3n) is 8.35. The molecule has 0 fully saturated rings. The third kappa shape index (κ3) is 5.36. The normalized spacial score (nSPS) is 13.5. The molecule has 0 saturated heterocycles. The van der Waals surface area contributed by atoms with Crippen molar-refractivity contribution in [2.45, 2.75) is 52.7 Å². The van der Waals surface area contributed by atoms with Crippen molar-refractivity contribution < 1.29 is 14.3 Å². The zero-order valence-corrected chi connectivity index (χ0v) is 26.2. The van der Waals surface area contributed by atoms with Crippen LogP contribution in [-0.4, -0.2) is 32.9 Å². The molecule has 0 bridgehead atoms. The second-order valence-electron chi connectivity index (χ2n) is 12.7. The molecular formula is C39H35N3O3. The van der Waals surface area contributed by atoms with E-state index in [0.717, 1.165) is 72.8 Å². The molecule has 1 atom stereocenters. The number of ether oxygens (including phenoxy) is 2. The van der Waals surface area contributed by atoms with Gasteiger partial charge in [0.05, 0.1) is 17.7 Å². The summed E-state index contributed by atoms with van der Waals surface area (Å²) in [6, 6.07) is 24.7. The Bertz CT molecular complexity index is 2070. The minimum atomic E-state index is -0.745. The van der Waals surface area contributed by atoms with Crippen molar-refractivity contribution in [3.05, 3.63) is 108 Å². The molecule has 0 saturated carbocycles. The highest BCUT2D eigenvalue weighted by Crippen LogP contribution is 2.45. The molecule has 1 aliphatic heterocycles. The third-order valence-corrected chi connectivity index (χ3v) is 8.35. The minimum absolute atomic E-state index is 0.0417. The Labute approximate surface area is 263 Å². The number of nitrogens with zero attached hydrogens (tertiary/aromatic N) is 3. The van der Waals surface area contributed by atoms with E-state index in [1.54, 1.807) is 6.92 Å². The van der Waals surface area contributed by atoms with Crippen LogP contribution in [0.4, 0.5) is 0 Å². The van der Waals surface area contributed by atoms with Gasteiger partial charge in [0.2, 0.25) is 0 Å². The van der Waals surface area contributed by atoms with Gasteiger partial charge in [0.1, 0.15) is 11.9 Å². The highest BCUT2D eigenvalue weighted by atomic mass is 16.5. The summed E-state index contributed by atoms with van der Waals surface area (Å²) < 4.78 is 12.5. The highest BCUT2D eigenvalue weighted by Gasteiger charge is 2.31. The number of pyridine rings is 1. The van der Waals surface area contributed by atoms with Gasteiger partial charge in [-0.15, -0.1) is 0 Å². The monoisotopic (exact) mass is 593 g/mol. The smallest absolute Gasteiger partial charge is 0.163 e. The van der Waals surface area contributed by atoms with Crippen LogP contribution in [0.5, 0.6) is 5.75 Å². The summed E-state index contributed by atoms with van der Waals surface area (Å²) in [5.74, 6) is 1.49. The van der Waals surface area contributed by atoms with Crippen LogP contribution in [0.25, 0.3) is 55.3 Å². The van der Waals surface area contributed by atoms with E-state index >= 15 is 0 Å². The van der Waals surface area contributed by atoms with Crippen LogP contribution in [0.2, 0.25) is 0 Å². The number of hydrogen-bond acceptors (Lipinski definition) is 6. The van der Waals surface area contributed by atoms with Crippen LogP contribution in [0.3, 0.4) is 0 Å². The van der Waals surface area contributed by atoms with E-state index < -0.39 is 11.7 Å². The Balaban J connectivity index is 1.46. The quantitative estimate of drug-likeness (QED) is 0.192. The molecular weight excluding hydrogens is 558 g/mol. The molecule has 4 aromatic carbocycles. The Hall–Kier alpha value is -4.94. The number of aromatic nitrogens is 3. The number of aryl methyl sites for hydroxylation is 1. The Morgan fingerprint density at radius 3 is 2.40 bits per heavy atom. The predicted molar refractivity (Wildman–Crippen MR) is 179 cm³/mol. The van der Waals surface area contributed by atoms with Crippen molar-refractivity contribution >= 4 is 27.5 Å². The molecule has 0 spiro atoms. The SMILES string of the molecule is CC(=O)C(OC(C)(C)C)c1c(C)cc2cc(-c3cnc(-c4ccccc4)nc3)ccc2c1-c1ccc2c3c(ccnc13)CCO2. The molecule has 0 N–H and O–H groups in total. The summed E-state index contributed by atoms with van der Waals surface area (Å²) >= 11 is 0. The van der Waals surface area contributed by atoms with E-state index in [2.05, 4.69) is 53.3 Å². The summed E-state index contributed by atoms with van der Waals surface area (Å²) in [6.07, 6.45) is 5.70. The molecule has 0 aliphatic carbocycles. The van der Waals surface area contributed by atoms with E-state index in [-0.39, 0.29) is 5.78 Å². The topological polar surface area (TPSA) is 74.2 Å². The molecule has 7 rings (SSSR count). The fraction of sp³-hybridized carbons (Fsp3) is 0.231. The summed E-state index contributed by atoms with van der Waals surface area (Å²) in [5.41, 5.74) is 8.23. The number of Topliss-reactive ketones (excluding diaryl/α,β-unsaturated/α-hetero) is 1. The van der Waals surface area contributed by atoms with Crippen molar-refractivity contribution in [2.75, 3.05) is 6.61 Å². The van der Waals surface area contributed by atoms with E-state index in [1.807, 2.05) is 75.8 Å². The number of ketones is 1. The first-order valence-electron chi connectivity index (χ1n) is 15.3. The number of fused-ring (bicyclic) bond motifs is 1. The fourth-order valence-electron chi connectivity index (χ4n) is 6.39. The van der Waals surface area contributed by atoms with Gasteiger partial charge in [-0.25, -0.2) is 9.97 Å². The van der Waals surface area contributed by atoms with Crippen molar-refractivity contribution in [1.29, 1.82) is 0 Å². The van der Waals surface area contributed by atoms with Gasteiger partial charge in [-0.3, -0.25) is 9.78 Å². The maximum absolute atomic E-state index is 13.3. The Morgan fingerprint density at radius 2 is 1.67 bits per heavy atom. The molecule has 2 aromatic heterocycles. The van der Waals surface area contributed by atoms with Crippen LogP contribution in [0.15, 0.2) is 91.4 Å². The first-order chi connectivity index (χ1) is 21.7. The van der Waals surface area contributed by atoms with Gasteiger partial charge in [0.15, 0.2) is 11.6 Å². The van der Waals surface area contributed by atoms with Gasteiger partial charge < -0.3 is 9.47 Å². The fourth-order valence-corrected chi connectivity index (χ4v) is 6.39. The van der Waals surface area contributed by atoms with E-state index in [4.69, 9.17) is 14.5 Å². The molecule has 6 heteroatoms. The first-order valence-corrected chi connectivity index (χ1v) is 15.3. The average Bonchev–Trinajstić information content (AvgIpc) is 3.03. The van der Waals surface area contributed by atoms with Gasteiger partial charge in [-0.2, -0.15) is 0 Å². The lowest BCUT2D eigenvalue weighted by Crippen LogP contribution is -2.27. The minimum Gasteiger partial charge on any atom is -0.493 e.